The van der Waals surface area contributed by atoms with E-state index in [0.717, 1.165) is 80.0 Å². The van der Waals surface area contributed by atoms with Gasteiger partial charge in [0.25, 0.3) is 0 Å². The molecule has 0 N–H and O–H groups in total. The molecule has 178 valence electrons. The Morgan fingerprint density at radius 2 is 1.56 bits per heavy atom. The third-order valence-electron chi connectivity index (χ3n) is 8.50. The maximum absolute atomic E-state index is 6.74. The molecule has 0 amide bonds. The molecule has 0 radical (unpaired) electrons. The van der Waals surface area contributed by atoms with E-state index in [4.69, 9.17) is 42.0 Å². The SMILES string of the molecule is Clc1cccc(Cl)c1-c1noc(C2CC2)c1COC12CCC(c3nc(C4CC4)no3)(CC1)CC2. The topological polar surface area (TPSA) is 74.2 Å². The lowest BCUT2D eigenvalue weighted by Crippen LogP contribution is -2.49. The van der Waals surface area contributed by atoms with E-state index < -0.39 is 0 Å². The minimum atomic E-state index is -0.124. The van der Waals surface area contributed by atoms with E-state index in [1.165, 1.54) is 12.8 Å². The van der Waals surface area contributed by atoms with Gasteiger partial charge in [-0.25, -0.2) is 0 Å². The van der Waals surface area contributed by atoms with Crippen LogP contribution >= 0.6 is 23.2 Å². The van der Waals surface area contributed by atoms with E-state index in [1.54, 1.807) is 0 Å². The maximum atomic E-state index is 6.74. The van der Waals surface area contributed by atoms with E-state index in [0.29, 0.717) is 34.2 Å². The van der Waals surface area contributed by atoms with Crippen LogP contribution in [0.25, 0.3) is 11.3 Å². The van der Waals surface area contributed by atoms with Gasteiger partial charge in [0.1, 0.15) is 11.5 Å². The van der Waals surface area contributed by atoms with E-state index in [9.17, 15) is 0 Å². The molecule has 0 atom stereocenters. The molecule has 8 heteroatoms. The first-order chi connectivity index (χ1) is 16.6. The van der Waals surface area contributed by atoms with Crippen molar-refractivity contribution in [2.75, 3.05) is 0 Å². The summed E-state index contributed by atoms with van der Waals surface area (Å²) in [4.78, 5) is 4.81. The lowest BCUT2D eigenvalue weighted by atomic mass is 9.58. The number of nitrogens with zero attached hydrogens (tertiary/aromatic N) is 3. The summed E-state index contributed by atoms with van der Waals surface area (Å²) in [6, 6.07) is 5.52. The standard InChI is InChI=1S/C26H27Cl2N3O3/c27-18-2-1-3-19(28)20(18)21-17(22(33-30-21)15-4-5-15)14-32-26-11-8-25(9-12-26,10-13-26)24-29-23(31-34-24)16-6-7-16/h1-3,15-16H,4-14H2. The Balaban J connectivity index is 1.12. The maximum Gasteiger partial charge on any atom is 0.232 e. The summed E-state index contributed by atoms with van der Waals surface area (Å²) in [5.74, 6) is 3.64. The normalized spacial score (nSPS) is 28.5. The molecule has 6 nitrogen and oxygen atoms in total. The Morgan fingerprint density at radius 1 is 0.882 bits per heavy atom. The van der Waals surface area contributed by atoms with E-state index in [1.807, 2.05) is 18.2 Å². The number of hydrogen-bond acceptors (Lipinski definition) is 6. The fourth-order valence-electron chi connectivity index (χ4n) is 5.92. The molecule has 8 rings (SSSR count). The average molecular weight is 500 g/mol. The Hall–Kier alpha value is -1.89. The zero-order valence-corrected chi connectivity index (χ0v) is 20.5. The predicted octanol–water partition coefficient (Wildman–Crippen LogP) is 7.35. The number of benzene rings is 1. The van der Waals surface area contributed by atoms with Crippen molar-refractivity contribution in [3.63, 3.8) is 0 Å². The van der Waals surface area contributed by atoms with Gasteiger partial charge in [0.15, 0.2) is 5.82 Å². The summed E-state index contributed by atoms with van der Waals surface area (Å²) >= 11 is 13.0. The van der Waals surface area contributed by atoms with E-state index in [2.05, 4.69) is 10.3 Å². The van der Waals surface area contributed by atoms with Crippen LogP contribution in [-0.4, -0.2) is 20.9 Å². The van der Waals surface area contributed by atoms with Crippen molar-refractivity contribution < 1.29 is 13.8 Å². The smallest absolute Gasteiger partial charge is 0.232 e. The predicted molar refractivity (Wildman–Crippen MR) is 127 cm³/mol. The van der Waals surface area contributed by atoms with Crippen LogP contribution in [0.2, 0.25) is 10.0 Å². The van der Waals surface area contributed by atoms with Crippen LogP contribution in [0, 0.1) is 0 Å². The molecule has 0 aliphatic heterocycles. The Kier molecular flexibility index (Phi) is 4.91. The minimum Gasteiger partial charge on any atom is -0.370 e. The number of aromatic nitrogens is 3. The molecule has 5 aliphatic carbocycles. The molecule has 1 aromatic carbocycles. The first-order valence-electron chi connectivity index (χ1n) is 12.5. The summed E-state index contributed by atoms with van der Waals surface area (Å²) in [7, 11) is 0. The van der Waals surface area contributed by atoms with Gasteiger partial charge in [-0.2, -0.15) is 4.98 Å². The third-order valence-corrected chi connectivity index (χ3v) is 9.13. The Bertz CT molecular complexity index is 1200. The van der Waals surface area contributed by atoms with Crippen LogP contribution in [-0.2, 0) is 16.8 Å². The highest BCUT2D eigenvalue weighted by molar-refractivity contribution is 6.39. The van der Waals surface area contributed by atoms with Gasteiger partial charge in [0, 0.05) is 28.4 Å². The van der Waals surface area contributed by atoms with E-state index in [-0.39, 0.29) is 11.0 Å². The Labute approximate surface area is 208 Å². The number of rotatable bonds is 7. The lowest BCUT2D eigenvalue weighted by molar-refractivity contribution is -0.130. The van der Waals surface area contributed by atoms with Crippen molar-refractivity contribution in [2.45, 2.75) is 93.7 Å². The quantitative estimate of drug-likeness (QED) is 0.338. The van der Waals surface area contributed by atoms with Crippen LogP contribution in [0.5, 0.6) is 0 Å². The second kappa shape index (κ2) is 7.81. The third kappa shape index (κ3) is 3.52. The summed E-state index contributed by atoms with van der Waals surface area (Å²) in [6.45, 7) is 0.464. The molecule has 3 aromatic rings. The van der Waals surface area contributed by atoms with Crippen LogP contribution in [0.1, 0.15) is 99.1 Å². The zero-order valence-electron chi connectivity index (χ0n) is 19.0. The first-order valence-corrected chi connectivity index (χ1v) is 13.2. The molecule has 34 heavy (non-hydrogen) atoms. The molecule has 2 bridgehead atoms. The van der Waals surface area contributed by atoms with Crippen molar-refractivity contribution >= 4 is 23.2 Å². The highest BCUT2D eigenvalue weighted by Crippen LogP contribution is 2.56. The van der Waals surface area contributed by atoms with Gasteiger partial charge < -0.3 is 13.8 Å². The molecule has 0 spiro atoms. The average Bonchev–Trinajstić information content (AvgIpc) is 3.79. The molecular weight excluding hydrogens is 473 g/mol. The zero-order chi connectivity index (χ0) is 22.9. The van der Waals surface area contributed by atoms with Crippen LogP contribution in [0.3, 0.4) is 0 Å². The summed E-state index contributed by atoms with van der Waals surface area (Å²) in [5.41, 5.74) is 2.35. The summed E-state index contributed by atoms with van der Waals surface area (Å²) in [5, 5.41) is 9.85. The largest absolute Gasteiger partial charge is 0.370 e. The molecular formula is C26H27Cl2N3O3. The molecule has 2 aromatic heterocycles. The second-order valence-corrected chi connectivity index (χ2v) is 11.5. The second-order valence-electron chi connectivity index (χ2n) is 10.7. The molecule has 2 heterocycles. The minimum absolute atomic E-state index is 0.0257. The van der Waals surface area contributed by atoms with Crippen molar-refractivity contribution in [3.8, 4) is 11.3 Å². The molecule has 5 saturated carbocycles. The highest BCUT2D eigenvalue weighted by atomic mass is 35.5. The molecule has 5 aliphatic rings. The monoisotopic (exact) mass is 499 g/mol. The molecule has 0 unspecified atom stereocenters. The summed E-state index contributed by atoms with van der Waals surface area (Å²) < 4.78 is 18.3. The fraction of sp³-hybridized carbons (Fsp3) is 0.577. The fourth-order valence-corrected chi connectivity index (χ4v) is 6.50. The van der Waals surface area contributed by atoms with Crippen molar-refractivity contribution in [3.05, 3.63) is 51.3 Å². The number of hydrogen-bond donors (Lipinski definition) is 0. The van der Waals surface area contributed by atoms with Crippen molar-refractivity contribution in [2.24, 2.45) is 0 Å². The van der Waals surface area contributed by atoms with Crippen LogP contribution in [0.4, 0.5) is 0 Å². The lowest BCUT2D eigenvalue weighted by Gasteiger charge is -2.51. The summed E-state index contributed by atoms with van der Waals surface area (Å²) in [6.07, 6.45) is 10.7. The number of fused-ring (bicyclic) bond motifs is 3. The van der Waals surface area contributed by atoms with Gasteiger partial charge in [-0.1, -0.05) is 39.6 Å². The van der Waals surface area contributed by atoms with Gasteiger partial charge >= 0.3 is 0 Å². The molecule has 0 saturated heterocycles. The first kappa shape index (κ1) is 21.4. The molecule has 5 fully saturated rings. The van der Waals surface area contributed by atoms with Gasteiger partial charge in [-0.05, 0) is 76.3 Å². The van der Waals surface area contributed by atoms with Gasteiger partial charge in [-0.3, -0.25) is 0 Å². The van der Waals surface area contributed by atoms with Gasteiger partial charge in [0.2, 0.25) is 5.89 Å². The van der Waals surface area contributed by atoms with Crippen molar-refractivity contribution in [1.82, 2.24) is 15.3 Å². The highest BCUT2D eigenvalue weighted by Gasteiger charge is 2.53. The number of ether oxygens (including phenoxy) is 1. The van der Waals surface area contributed by atoms with Crippen LogP contribution in [0.15, 0.2) is 27.2 Å². The number of halogens is 2. The van der Waals surface area contributed by atoms with Gasteiger partial charge in [-0.15, -0.1) is 0 Å². The van der Waals surface area contributed by atoms with Crippen molar-refractivity contribution in [1.29, 1.82) is 0 Å². The van der Waals surface area contributed by atoms with Gasteiger partial charge in [0.05, 0.1) is 22.3 Å². The Morgan fingerprint density at radius 3 is 2.21 bits per heavy atom. The van der Waals surface area contributed by atoms with E-state index >= 15 is 0 Å². The van der Waals surface area contributed by atoms with Crippen LogP contribution < -0.4 is 0 Å².